The number of benzene rings is 1. The molecular formula is C16H25FN2O. The van der Waals surface area contributed by atoms with Crippen LogP contribution in [0.25, 0.3) is 0 Å². The van der Waals surface area contributed by atoms with Gasteiger partial charge in [0.2, 0.25) is 0 Å². The molecule has 0 unspecified atom stereocenters. The van der Waals surface area contributed by atoms with E-state index in [0.717, 1.165) is 37.1 Å². The average molecular weight is 280 g/mol. The van der Waals surface area contributed by atoms with Crippen LogP contribution in [0.3, 0.4) is 0 Å². The van der Waals surface area contributed by atoms with Crippen LogP contribution in [0.1, 0.15) is 31.7 Å². The Labute approximate surface area is 120 Å². The number of phenols is 1. The van der Waals surface area contributed by atoms with Gasteiger partial charge in [0, 0.05) is 12.6 Å². The number of aromatic hydroxyl groups is 1. The maximum Gasteiger partial charge on any atom is 0.127 e. The first-order valence-electron chi connectivity index (χ1n) is 7.55. The molecule has 0 bridgehead atoms. The van der Waals surface area contributed by atoms with E-state index >= 15 is 0 Å². The van der Waals surface area contributed by atoms with E-state index in [1.807, 2.05) is 0 Å². The molecule has 112 valence electrons. The minimum absolute atomic E-state index is 0.00997. The lowest BCUT2D eigenvalue weighted by Gasteiger charge is -2.30. The fourth-order valence-electron chi connectivity index (χ4n) is 2.68. The third kappa shape index (κ3) is 5.10. The summed E-state index contributed by atoms with van der Waals surface area (Å²) in [5.41, 5.74) is 0.786. The van der Waals surface area contributed by atoms with Crippen molar-refractivity contribution in [1.29, 1.82) is 0 Å². The van der Waals surface area contributed by atoms with Crippen molar-refractivity contribution in [2.45, 2.75) is 32.7 Å². The smallest absolute Gasteiger partial charge is 0.127 e. The predicted octanol–water partition coefficient (Wildman–Crippen LogP) is 2.74. The quantitative estimate of drug-likeness (QED) is 0.787. The highest BCUT2D eigenvalue weighted by Crippen LogP contribution is 2.16. The number of nitrogens with one attached hydrogen (secondary N) is 1. The topological polar surface area (TPSA) is 35.5 Å². The van der Waals surface area contributed by atoms with Crippen LogP contribution in [0.5, 0.6) is 5.75 Å². The zero-order valence-corrected chi connectivity index (χ0v) is 12.2. The lowest BCUT2D eigenvalue weighted by atomic mass is 9.99. The first-order valence-corrected chi connectivity index (χ1v) is 7.55. The minimum Gasteiger partial charge on any atom is -0.508 e. The van der Waals surface area contributed by atoms with Gasteiger partial charge in [0.1, 0.15) is 11.6 Å². The maximum absolute atomic E-state index is 13.1. The summed E-state index contributed by atoms with van der Waals surface area (Å²) < 4.78 is 13.1. The van der Waals surface area contributed by atoms with Crippen molar-refractivity contribution in [2.75, 3.05) is 26.2 Å². The molecule has 4 heteroatoms. The van der Waals surface area contributed by atoms with Gasteiger partial charge in [-0.1, -0.05) is 6.92 Å². The summed E-state index contributed by atoms with van der Waals surface area (Å²) in [6, 6.07) is 4.18. The molecule has 0 radical (unpaired) electrons. The fraction of sp³-hybridized carbons (Fsp3) is 0.625. The highest BCUT2D eigenvalue weighted by Gasteiger charge is 2.14. The van der Waals surface area contributed by atoms with Crippen LogP contribution in [0.2, 0.25) is 0 Å². The lowest BCUT2D eigenvalue weighted by molar-refractivity contribution is 0.190. The normalized spacial score (nSPS) is 17.5. The molecule has 2 N–H and O–H groups in total. The fourth-order valence-corrected chi connectivity index (χ4v) is 2.68. The van der Waals surface area contributed by atoms with Crippen molar-refractivity contribution < 1.29 is 9.50 Å². The Balaban J connectivity index is 1.59. The van der Waals surface area contributed by atoms with Crippen molar-refractivity contribution in [3.8, 4) is 5.75 Å². The van der Waals surface area contributed by atoms with E-state index in [9.17, 15) is 9.50 Å². The van der Waals surface area contributed by atoms with Crippen LogP contribution in [-0.4, -0.2) is 36.2 Å². The van der Waals surface area contributed by atoms with Crippen LogP contribution in [0, 0.1) is 11.7 Å². The summed E-state index contributed by atoms with van der Waals surface area (Å²) in [6.45, 7) is 7.42. The second-order valence-corrected chi connectivity index (χ2v) is 5.87. The summed E-state index contributed by atoms with van der Waals surface area (Å²) >= 11 is 0. The van der Waals surface area contributed by atoms with Gasteiger partial charge in [-0.25, -0.2) is 4.39 Å². The molecular weight excluding hydrogens is 255 g/mol. The van der Waals surface area contributed by atoms with E-state index < -0.39 is 0 Å². The molecule has 1 heterocycles. The second kappa shape index (κ2) is 7.60. The van der Waals surface area contributed by atoms with Crippen LogP contribution >= 0.6 is 0 Å². The molecule has 0 aromatic heterocycles. The number of piperidine rings is 1. The largest absolute Gasteiger partial charge is 0.508 e. The SMILES string of the molecule is CC1CCN(CCCNCc2cc(O)cc(F)c2)CC1. The van der Waals surface area contributed by atoms with Gasteiger partial charge in [0.25, 0.3) is 0 Å². The van der Waals surface area contributed by atoms with Crippen LogP contribution in [0.4, 0.5) is 4.39 Å². The molecule has 1 saturated heterocycles. The molecule has 20 heavy (non-hydrogen) atoms. The van der Waals surface area contributed by atoms with Crippen LogP contribution in [0.15, 0.2) is 18.2 Å². The molecule has 1 aromatic rings. The van der Waals surface area contributed by atoms with Gasteiger partial charge >= 0.3 is 0 Å². The molecule has 1 fully saturated rings. The summed E-state index contributed by atoms with van der Waals surface area (Å²) in [5.74, 6) is 0.485. The Morgan fingerprint density at radius 1 is 1.30 bits per heavy atom. The minimum atomic E-state index is -0.385. The Bertz CT molecular complexity index is 397. The highest BCUT2D eigenvalue weighted by atomic mass is 19.1. The van der Waals surface area contributed by atoms with E-state index in [0.29, 0.717) is 6.54 Å². The Morgan fingerprint density at radius 2 is 2.05 bits per heavy atom. The van der Waals surface area contributed by atoms with Crippen molar-refractivity contribution in [3.05, 3.63) is 29.6 Å². The van der Waals surface area contributed by atoms with E-state index in [1.165, 1.54) is 32.0 Å². The molecule has 0 spiro atoms. The number of rotatable bonds is 6. The summed E-state index contributed by atoms with van der Waals surface area (Å²) in [5, 5.41) is 12.6. The summed E-state index contributed by atoms with van der Waals surface area (Å²) in [6.07, 6.45) is 3.74. The van der Waals surface area contributed by atoms with E-state index in [1.54, 1.807) is 6.07 Å². The lowest BCUT2D eigenvalue weighted by Crippen LogP contribution is -2.34. The average Bonchev–Trinajstić information content (AvgIpc) is 2.39. The number of nitrogens with zero attached hydrogens (tertiary/aromatic N) is 1. The zero-order valence-electron chi connectivity index (χ0n) is 12.2. The first-order chi connectivity index (χ1) is 9.63. The van der Waals surface area contributed by atoms with E-state index in [-0.39, 0.29) is 11.6 Å². The monoisotopic (exact) mass is 280 g/mol. The Hall–Kier alpha value is -1.13. The van der Waals surface area contributed by atoms with Gasteiger partial charge in [0.05, 0.1) is 0 Å². The first kappa shape index (κ1) is 15.3. The Morgan fingerprint density at radius 3 is 2.75 bits per heavy atom. The summed E-state index contributed by atoms with van der Waals surface area (Å²) in [4.78, 5) is 2.52. The third-order valence-electron chi connectivity index (χ3n) is 3.98. The molecule has 1 aliphatic rings. The summed E-state index contributed by atoms with van der Waals surface area (Å²) in [7, 11) is 0. The van der Waals surface area contributed by atoms with Crippen molar-refractivity contribution in [2.24, 2.45) is 5.92 Å². The number of halogens is 1. The second-order valence-electron chi connectivity index (χ2n) is 5.87. The zero-order chi connectivity index (χ0) is 14.4. The predicted molar refractivity (Wildman–Crippen MR) is 79.2 cm³/mol. The van der Waals surface area contributed by atoms with Crippen LogP contribution < -0.4 is 5.32 Å². The molecule has 1 aromatic carbocycles. The number of hydrogen-bond donors (Lipinski definition) is 2. The maximum atomic E-state index is 13.1. The number of likely N-dealkylation sites (tertiary alicyclic amines) is 1. The standard InChI is InChI=1S/C16H25FN2O/c1-13-3-7-19(8-4-13)6-2-5-18-12-14-9-15(17)11-16(20)10-14/h9-11,13,18,20H,2-8,12H2,1H3. The van der Waals surface area contributed by atoms with Gasteiger partial charge < -0.3 is 15.3 Å². The number of hydrogen-bond acceptors (Lipinski definition) is 3. The molecule has 0 amide bonds. The highest BCUT2D eigenvalue weighted by molar-refractivity contribution is 5.28. The van der Waals surface area contributed by atoms with Gasteiger partial charge in [-0.3, -0.25) is 0 Å². The third-order valence-corrected chi connectivity index (χ3v) is 3.98. The van der Waals surface area contributed by atoms with Crippen LogP contribution in [-0.2, 0) is 6.54 Å². The van der Waals surface area contributed by atoms with Crippen molar-refractivity contribution >= 4 is 0 Å². The Kier molecular flexibility index (Phi) is 5.80. The molecule has 0 atom stereocenters. The molecule has 0 saturated carbocycles. The number of phenolic OH excluding ortho intramolecular Hbond substituents is 1. The molecule has 3 nitrogen and oxygen atoms in total. The van der Waals surface area contributed by atoms with Crippen molar-refractivity contribution in [3.63, 3.8) is 0 Å². The van der Waals surface area contributed by atoms with E-state index in [4.69, 9.17) is 0 Å². The van der Waals surface area contributed by atoms with Gasteiger partial charge in [0.15, 0.2) is 0 Å². The van der Waals surface area contributed by atoms with Crippen molar-refractivity contribution in [1.82, 2.24) is 10.2 Å². The van der Waals surface area contributed by atoms with Gasteiger partial charge in [-0.15, -0.1) is 0 Å². The molecule has 0 aliphatic carbocycles. The van der Waals surface area contributed by atoms with Gasteiger partial charge in [-0.05, 0) is 69.1 Å². The van der Waals surface area contributed by atoms with E-state index in [2.05, 4.69) is 17.1 Å². The van der Waals surface area contributed by atoms with Gasteiger partial charge in [-0.2, -0.15) is 0 Å². The molecule has 1 aliphatic heterocycles. The molecule has 2 rings (SSSR count).